The molecule has 2 amide bonds. The lowest BCUT2D eigenvalue weighted by Gasteiger charge is -2.35. The predicted octanol–water partition coefficient (Wildman–Crippen LogP) is 1.63. The maximum Gasteiger partial charge on any atom is 0.273 e. The van der Waals surface area contributed by atoms with Crippen molar-refractivity contribution in [2.75, 3.05) is 26.2 Å². The van der Waals surface area contributed by atoms with Crippen molar-refractivity contribution >= 4 is 22.7 Å². The van der Waals surface area contributed by atoms with Crippen molar-refractivity contribution < 1.29 is 14.0 Å². The number of nitrogens with zero attached hydrogens (tertiary/aromatic N) is 4. The van der Waals surface area contributed by atoms with Gasteiger partial charge in [0, 0.05) is 31.6 Å². The third-order valence-electron chi connectivity index (χ3n) is 5.52. The van der Waals surface area contributed by atoms with Crippen molar-refractivity contribution in [3.8, 4) is 0 Å². The fraction of sp³-hybridized carbons (Fsp3) is 0.429. The summed E-state index contributed by atoms with van der Waals surface area (Å²) in [5.74, 6) is 1.09. The Hall–Kier alpha value is -3.20. The molecule has 1 atom stereocenters. The van der Waals surface area contributed by atoms with Crippen molar-refractivity contribution in [2.24, 2.45) is 0 Å². The van der Waals surface area contributed by atoms with E-state index in [1.165, 1.54) is 0 Å². The molecule has 0 spiro atoms. The summed E-state index contributed by atoms with van der Waals surface area (Å²) in [6, 6.07) is 6.78. The molecule has 158 valence electrons. The van der Waals surface area contributed by atoms with E-state index >= 15 is 0 Å². The number of nitrogens with one attached hydrogen (secondary N) is 2. The number of amides is 2. The Morgan fingerprint density at radius 3 is 2.63 bits per heavy atom. The Morgan fingerprint density at radius 1 is 1.20 bits per heavy atom. The van der Waals surface area contributed by atoms with Crippen molar-refractivity contribution in [3.63, 3.8) is 0 Å². The monoisotopic (exact) mass is 410 g/mol. The lowest BCUT2D eigenvalue weighted by molar-refractivity contribution is -0.134. The van der Waals surface area contributed by atoms with Gasteiger partial charge in [0.15, 0.2) is 5.69 Å². The SMILES string of the molecule is Cc1nc(CN2CCN(C(=O)C(C)NC(=O)c3n[nH]c4ccccc34)CC2)oc1C. The first-order valence-corrected chi connectivity index (χ1v) is 10.1. The van der Waals surface area contributed by atoms with Gasteiger partial charge in [-0.05, 0) is 26.8 Å². The average Bonchev–Trinajstić information content (AvgIpc) is 3.31. The zero-order valence-electron chi connectivity index (χ0n) is 17.4. The van der Waals surface area contributed by atoms with Crippen molar-refractivity contribution in [3.05, 3.63) is 47.3 Å². The number of aryl methyl sites for hydroxylation is 2. The van der Waals surface area contributed by atoms with Gasteiger partial charge in [-0.2, -0.15) is 5.10 Å². The topological polar surface area (TPSA) is 107 Å². The van der Waals surface area contributed by atoms with Gasteiger partial charge in [0.2, 0.25) is 11.8 Å². The number of benzene rings is 1. The van der Waals surface area contributed by atoms with Crippen LogP contribution in [0.5, 0.6) is 0 Å². The molecule has 1 unspecified atom stereocenters. The maximum atomic E-state index is 12.8. The van der Waals surface area contributed by atoms with E-state index in [-0.39, 0.29) is 11.8 Å². The van der Waals surface area contributed by atoms with Crippen molar-refractivity contribution in [2.45, 2.75) is 33.4 Å². The molecule has 1 aliphatic heterocycles. The summed E-state index contributed by atoms with van der Waals surface area (Å²) in [7, 11) is 0. The molecule has 1 fully saturated rings. The summed E-state index contributed by atoms with van der Waals surface area (Å²) in [6.45, 7) is 8.85. The first-order valence-electron chi connectivity index (χ1n) is 10.1. The van der Waals surface area contributed by atoms with Gasteiger partial charge in [-0.15, -0.1) is 0 Å². The van der Waals surface area contributed by atoms with Gasteiger partial charge in [-0.25, -0.2) is 4.98 Å². The zero-order valence-corrected chi connectivity index (χ0v) is 17.4. The van der Waals surface area contributed by atoms with Crippen LogP contribution in [0.4, 0.5) is 0 Å². The molecule has 30 heavy (non-hydrogen) atoms. The van der Waals surface area contributed by atoms with Crippen molar-refractivity contribution in [1.29, 1.82) is 0 Å². The molecule has 0 radical (unpaired) electrons. The number of carbonyl (C=O) groups excluding carboxylic acids is 2. The number of hydrogen-bond donors (Lipinski definition) is 2. The minimum Gasteiger partial charge on any atom is -0.444 e. The van der Waals surface area contributed by atoms with Gasteiger partial charge in [0.25, 0.3) is 5.91 Å². The van der Waals surface area contributed by atoms with Gasteiger partial charge in [-0.1, -0.05) is 18.2 Å². The first kappa shape index (κ1) is 20.1. The van der Waals surface area contributed by atoms with Crippen LogP contribution in [0.15, 0.2) is 28.7 Å². The van der Waals surface area contributed by atoms with Crippen LogP contribution in [0, 0.1) is 13.8 Å². The van der Waals surface area contributed by atoms with E-state index < -0.39 is 6.04 Å². The van der Waals surface area contributed by atoms with Crippen LogP contribution in [-0.4, -0.2) is 69.0 Å². The van der Waals surface area contributed by atoms with E-state index in [0.29, 0.717) is 31.2 Å². The summed E-state index contributed by atoms with van der Waals surface area (Å²) >= 11 is 0. The molecule has 9 heteroatoms. The standard InChI is InChI=1S/C21H26N6O3/c1-13-15(3)30-18(22-13)12-26-8-10-27(11-9-26)21(29)14(2)23-20(28)19-16-6-4-5-7-17(16)24-25-19/h4-7,14H,8-12H2,1-3H3,(H,23,28)(H,24,25). The Morgan fingerprint density at radius 2 is 1.93 bits per heavy atom. The van der Waals surface area contributed by atoms with Gasteiger partial charge in [0.1, 0.15) is 11.8 Å². The Bertz CT molecular complexity index is 1040. The Balaban J connectivity index is 1.30. The second-order valence-electron chi connectivity index (χ2n) is 7.66. The lowest BCUT2D eigenvalue weighted by Crippen LogP contribution is -2.54. The highest BCUT2D eigenvalue weighted by Gasteiger charge is 2.27. The first-order chi connectivity index (χ1) is 14.4. The minimum atomic E-state index is -0.628. The van der Waals surface area contributed by atoms with Gasteiger partial charge < -0.3 is 14.6 Å². The van der Waals surface area contributed by atoms with Crippen LogP contribution >= 0.6 is 0 Å². The molecular weight excluding hydrogens is 384 g/mol. The number of carbonyl (C=O) groups is 2. The third-order valence-corrected chi connectivity index (χ3v) is 5.52. The van der Waals surface area contributed by atoms with Crippen LogP contribution in [-0.2, 0) is 11.3 Å². The van der Waals surface area contributed by atoms with Gasteiger partial charge >= 0.3 is 0 Å². The Labute approximate surface area is 174 Å². The fourth-order valence-electron chi connectivity index (χ4n) is 3.66. The normalized spacial score (nSPS) is 16.0. The quantitative estimate of drug-likeness (QED) is 0.662. The summed E-state index contributed by atoms with van der Waals surface area (Å²) in [5.41, 5.74) is 1.99. The van der Waals surface area contributed by atoms with E-state index in [9.17, 15) is 9.59 Å². The highest BCUT2D eigenvalue weighted by Crippen LogP contribution is 2.16. The van der Waals surface area contributed by atoms with Crippen molar-refractivity contribution in [1.82, 2.24) is 30.3 Å². The van der Waals surface area contributed by atoms with E-state index in [1.807, 2.05) is 38.1 Å². The molecular formula is C21H26N6O3. The summed E-state index contributed by atoms with van der Waals surface area (Å²) < 4.78 is 5.65. The molecule has 9 nitrogen and oxygen atoms in total. The molecule has 3 aromatic rings. The number of aromatic amines is 1. The van der Waals surface area contributed by atoms with Gasteiger partial charge in [0.05, 0.1) is 17.8 Å². The molecule has 2 aromatic heterocycles. The fourth-order valence-corrected chi connectivity index (χ4v) is 3.66. The molecule has 0 bridgehead atoms. The van der Waals surface area contributed by atoms with E-state index in [0.717, 1.165) is 35.4 Å². The number of H-pyrrole nitrogens is 1. The molecule has 4 rings (SSSR count). The third kappa shape index (κ3) is 4.06. The van der Waals surface area contributed by atoms with E-state index in [1.54, 1.807) is 11.8 Å². The molecule has 1 saturated heterocycles. The second kappa shape index (κ2) is 8.27. The average molecular weight is 410 g/mol. The number of para-hydroxylation sites is 1. The summed E-state index contributed by atoms with van der Waals surface area (Å²) in [4.78, 5) is 33.8. The molecule has 1 aromatic carbocycles. The number of hydrogen-bond acceptors (Lipinski definition) is 6. The minimum absolute atomic E-state index is 0.0920. The van der Waals surface area contributed by atoms with Crippen LogP contribution in [0.3, 0.4) is 0 Å². The Kier molecular flexibility index (Phi) is 5.54. The molecule has 2 N–H and O–H groups in total. The number of piperazine rings is 1. The van der Waals surface area contributed by atoms with Crippen LogP contribution in [0.2, 0.25) is 0 Å². The summed E-state index contributed by atoms with van der Waals surface area (Å²) in [5, 5.41) is 10.5. The number of fused-ring (bicyclic) bond motifs is 1. The highest BCUT2D eigenvalue weighted by molar-refractivity contribution is 6.05. The number of oxazole rings is 1. The smallest absolute Gasteiger partial charge is 0.273 e. The summed E-state index contributed by atoms with van der Waals surface area (Å²) in [6.07, 6.45) is 0. The maximum absolute atomic E-state index is 12.8. The molecule has 0 aliphatic carbocycles. The van der Waals surface area contributed by atoms with Crippen LogP contribution in [0.25, 0.3) is 10.9 Å². The lowest BCUT2D eigenvalue weighted by atomic mass is 10.2. The highest BCUT2D eigenvalue weighted by atomic mass is 16.4. The second-order valence-corrected chi connectivity index (χ2v) is 7.66. The van der Waals surface area contributed by atoms with Gasteiger partial charge in [-0.3, -0.25) is 19.6 Å². The van der Waals surface area contributed by atoms with E-state index in [4.69, 9.17) is 4.42 Å². The largest absolute Gasteiger partial charge is 0.444 e. The van der Waals surface area contributed by atoms with Crippen LogP contribution < -0.4 is 5.32 Å². The van der Waals surface area contributed by atoms with Crippen LogP contribution in [0.1, 0.15) is 34.8 Å². The zero-order chi connectivity index (χ0) is 21.3. The molecule has 1 aliphatic rings. The number of rotatable bonds is 5. The number of aromatic nitrogens is 3. The predicted molar refractivity (Wildman–Crippen MR) is 111 cm³/mol. The molecule has 0 saturated carbocycles. The molecule has 3 heterocycles. The van der Waals surface area contributed by atoms with E-state index in [2.05, 4.69) is 25.4 Å².